The van der Waals surface area contributed by atoms with Crippen molar-refractivity contribution in [3.05, 3.63) is 47.9 Å². The first kappa shape index (κ1) is 12.5. The molecule has 3 aromatic rings. The van der Waals surface area contributed by atoms with Crippen LogP contribution in [0, 0.1) is 12.7 Å². The first-order valence-electron chi connectivity index (χ1n) is 6.19. The molecule has 5 heteroatoms. The highest BCUT2D eigenvalue weighted by atomic mass is 19.1. The van der Waals surface area contributed by atoms with Crippen LogP contribution in [0.3, 0.4) is 0 Å². The molecule has 3 rings (SSSR count). The Labute approximate surface area is 115 Å². The number of fused-ring (bicyclic) bond motifs is 1. The van der Waals surface area contributed by atoms with Crippen LogP contribution in [0.2, 0.25) is 0 Å². The predicted octanol–water partition coefficient (Wildman–Crippen LogP) is 3.04. The van der Waals surface area contributed by atoms with Gasteiger partial charge in [-0.3, -0.25) is 4.40 Å². The van der Waals surface area contributed by atoms with E-state index in [0.29, 0.717) is 11.5 Å². The molecule has 2 aromatic heterocycles. The van der Waals surface area contributed by atoms with Gasteiger partial charge in [-0.15, -0.1) is 0 Å². The first-order valence-corrected chi connectivity index (χ1v) is 6.19. The summed E-state index contributed by atoms with van der Waals surface area (Å²) in [5, 5.41) is 0. The quantitative estimate of drug-likeness (QED) is 0.779. The topological polar surface area (TPSA) is 52.5 Å². The molecule has 0 aliphatic carbocycles. The van der Waals surface area contributed by atoms with E-state index < -0.39 is 5.82 Å². The fourth-order valence-corrected chi connectivity index (χ4v) is 2.28. The van der Waals surface area contributed by atoms with E-state index in [4.69, 9.17) is 10.5 Å². The summed E-state index contributed by atoms with van der Waals surface area (Å²) < 4.78 is 20.5. The number of ether oxygens (including phenoxy) is 1. The molecular weight excluding hydrogens is 257 g/mol. The number of imidazole rings is 1. The lowest BCUT2D eigenvalue weighted by molar-refractivity contribution is 0.414. The molecule has 0 fully saturated rings. The zero-order valence-corrected chi connectivity index (χ0v) is 11.2. The van der Waals surface area contributed by atoms with Gasteiger partial charge in [0.25, 0.3) is 0 Å². The van der Waals surface area contributed by atoms with E-state index in [-0.39, 0.29) is 5.65 Å². The van der Waals surface area contributed by atoms with Gasteiger partial charge in [-0.2, -0.15) is 0 Å². The smallest absolute Gasteiger partial charge is 0.175 e. The molecule has 0 saturated carbocycles. The standard InChI is InChI=1S/C15H14FN3O/c1-9-8-10(20-2)5-6-11(9)13-14(17)19-7-3-4-12(16)15(19)18-13/h3-8H,17H2,1-2H3. The van der Waals surface area contributed by atoms with Crippen molar-refractivity contribution in [1.29, 1.82) is 0 Å². The lowest BCUT2D eigenvalue weighted by atomic mass is 10.1. The molecular formula is C15H14FN3O. The maximum Gasteiger partial charge on any atom is 0.175 e. The zero-order chi connectivity index (χ0) is 14.3. The number of nitrogen functional groups attached to an aromatic ring is 1. The molecule has 0 radical (unpaired) electrons. The van der Waals surface area contributed by atoms with Gasteiger partial charge in [0.1, 0.15) is 17.3 Å². The molecule has 0 amide bonds. The monoisotopic (exact) mass is 271 g/mol. The number of nitrogens with two attached hydrogens (primary N) is 1. The Kier molecular flexibility index (Phi) is 2.82. The van der Waals surface area contributed by atoms with Gasteiger partial charge in [0, 0.05) is 11.8 Å². The van der Waals surface area contributed by atoms with Crippen LogP contribution in [0.5, 0.6) is 5.75 Å². The highest BCUT2D eigenvalue weighted by Crippen LogP contribution is 2.31. The Balaban J connectivity index is 2.25. The first-order chi connectivity index (χ1) is 9.61. The Hall–Kier alpha value is -2.56. The molecule has 20 heavy (non-hydrogen) atoms. The van der Waals surface area contributed by atoms with Crippen molar-refractivity contribution < 1.29 is 9.13 Å². The second-order valence-electron chi connectivity index (χ2n) is 4.58. The largest absolute Gasteiger partial charge is 0.497 e. The van der Waals surface area contributed by atoms with Gasteiger partial charge in [-0.05, 0) is 42.8 Å². The van der Waals surface area contributed by atoms with Crippen molar-refractivity contribution in [2.75, 3.05) is 12.8 Å². The summed E-state index contributed by atoms with van der Waals surface area (Å²) in [4.78, 5) is 4.32. The minimum atomic E-state index is -0.392. The number of hydrogen-bond acceptors (Lipinski definition) is 3. The van der Waals surface area contributed by atoms with Crippen LogP contribution in [0.4, 0.5) is 10.2 Å². The third-order valence-corrected chi connectivity index (χ3v) is 3.33. The summed E-state index contributed by atoms with van der Waals surface area (Å²) in [6.45, 7) is 1.94. The number of pyridine rings is 1. The number of aromatic nitrogens is 2. The van der Waals surface area contributed by atoms with Gasteiger partial charge >= 0.3 is 0 Å². The number of rotatable bonds is 2. The molecule has 102 valence electrons. The summed E-state index contributed by atoms with van der Waals surface area (Å²) in [7, 11) is 1.61. The molecule has 0 aliphatic heterocycles. The molecule has 0 saturated heterocycles. The van der Waals surface area contributed by atoms with Gasteiger partial charge in [-0.1, -0.05) is 0 Å². The molecule has 0 spiro atoms. The van der Waals surface area contributed by atoms with Crippen molar-refractivity contribution in [2.24, 2.45) is 0 Å². The molecule has 2 N–H and O–H groups in total. The minimum absolute atomic E-state index is 0.232. The molecule has 4 nitrogen and oxygen atoms in total. The number of methoxy groups -OCH3 is 1. The van der Waals surface area contributed by atoms with E-state index in [0.717, 1.165) is 16.9 Å². The van der Waals surface area contributed by atoms with Crippen LogP contribution in [0.1, 0.15) is 5.56 Å². The lowest BCUT2D eigenvalue weighted by Crippen LogP contribution is -1.95. The molecule has 1 aromatic carbocycles. The summed E-state index contributed by atoms with van der Waals surface area (Å²) >= 11 is 0. The van der Waals surface area contributed by atoms with Crippen LogP contribution in [0.15, 0.2) is 36.5 Å². The Bertz CT molecular complexity index is 795. The van der Waals surface area contributed by atoms with E-state index in [1.54, 1.807) is 23.8 Å². The maximum absolute atomic E-state index is 13.8. The number of anilines is 1. The van der Waals surface area contributed by atoms with Gasteiger partial charge in [0.05, 0.1) is 7.11 Å². The Morgan fingerprint density at radius 2 is 2.10 bits per heavy atom. The summed E-state index contributed by atoms with van der Waals surface area (Å²) in [6.07, 6.45) is 1.70. The summed E-state index contributed by atoms with van der Waals surface area (Å²) in [5.41, 5.74) is 8.73. The fraction of sp³-hybridized carbons (Fsp3) is 0.133. The Morgan fingerprint density at radius 1 is 1.30 bits per heavy atom. The predicted molar refractivity (Wildman–Crippen MR) is 76.3 cm³/mol. The van der Waals surface area contributed by atoms with E-state index in [1.165, 1.54) is 6.07 Å². The van der Waals surface area contributed by atoms with Crippen LogP contribution >= 0.6 is 0 Å². The van der Waals surface area contributed by atoms with Crippen LogP contribution in [-0.4, -0.2) is 16.5 Å². The van der Waals surface area contributed by atoms with Gasteiger partial charge in [-0.25, -0.2) is 9.37 Å². The maximum atomic E-state index is 13.8. The van der Waals surface area contributed by atoms with Crippen LogP contribution in [-0.2, 0) is 0 Å². The highest BCUT2D eigenvalue weighted by Gasteiger charge is 2.15. The SMILES string of the molecule is COc1ccc(-c2nc3c(F)cccn3c2N)c(C)c1. The summed E-state index contributed by atoms with van der Waals surface area (Å²) in [6, 6.07) is 8.58. The molecule has 0 unspecified atom stereocenters. The zero-order valence-electron chi connectivity index (χ0n) is 11.2. The summed E-state index contributed by atoms with van der Waals surface area (Å²) in [5.74, 6) is 0.796. The van der Waals surface area contributed by atoms with Crippen molar-refractivity contribution in [3.8, 4) is 17.0 Å². The van der Waals surface area contributed by atoms with E-state index >= 15 is 0 Å². The number of benzene rings is 1. The van der Waals surface area contributed by atoms with Crippen molar-refractivity contribution in [1.82, 2.24) is 9.38 Å². The van der Waals surface area contributed by atoms with Crippen LogP contribution in [0.25, 0.3) is 16.9 Å². The number of hydrogen-bond donors (Lipinski definition) is 1. The average molecular weight is 271 g/mol. The number of nitrogens with zero attached hydrogens (tertiary/aromatic N) is 2. The van der Waals surface area contributed by atoms with E-state index in [9.17, 15) is 4.39 Å². The fourth-order valence-electron chi connectivity index (χ4n) is 2.28. The van der Waals surface area contributed by atoms with Gasteiger partial charge in [0.2, 0.25) is 0 Å². The second-order valence-corrected chi connectivity index (χ2v) is 4.58. The highest BCUT2D eigenvalue weighted by molar-refractivity contribution is 5.77. The van der Waals surface area contributed by atoms with Gasteiger partial charge in [0.15, 0.2) is 11.5 Å². The van der Waals surface area contributed by atoms with Crippen LogP contribution < -0.4 is 10.5 Å². The third kappa shape index (κ3) is 1.79. The Morgan fingerprint density at radius 3 is 2.75 bits per heavy atom. The van der Waals surface area contributed by atoms with E-state index in [2.05, 4.69) is 4.98 Å². The van der Waals surface area contributed by atoms with Gasteiger partial charge < -0.3 is 10.5 Å². The van der Waals surface area contributed by atoms with Crippen molar-refractivity contribution in [2.45, 2.75) is 6.92 Å². The number of halogens is 1. The molecule has 0 bridgehead atoms. The molecule has 0 aliphatic rings. The minimum Gasteiger partial charge on any atom is -0.497 e. The van der Waals surface area contributed by atoms with E-state index in [1.807, 2.05) is 25.1 Å². The number of aryl methyl sites for hydroxylation is 1. The molecule has 2 heterocycles. The normalized spacial score (nSPS) is 10.9. The van der Waals surface area contributed by atoms with Crippen molar-refractivity contribution >= 4 is 11.5 Å². The second kappa shape index (κ2) is 4.52. The average Bonchev–Trinajstić information content (AvgIpc) is 2.78. The molecule has 0 atom stereocenters. The lowest BCUT2D eigenvalue weighted by Gasteiger charge is -2.06. The van der Waals surface area contributed by atoms with Crippen molar-refractivity contribution in [3.63, 3.8) is 0 Å². The third-order valence-electron chi connectivity index (χ3n) is 3.33.